The first-order valence-corrected chi connectivity index (χ1v) is 6.56. The number of hydrogen-bond donors (Lipinski definition) is 2. The summed E-state index contributed by atoms with van der Waals surface area (Å²) < 4.78 is 0. The van der Waals surface area contributed by atoms with Crippen LogP contribution in [0.3, 0.4) is 0 Å². The molecular formula is C13H18ClN3O. The molecule has 0 aromatic carbocycles. The second-order valence-corrected chi connectivity index (χ2v) is 5.45. The van der Waals surface area contributed by atoms with Crippen LogP contribution in [0.5, 0.6) is 0 Å². The second kappa shape index (κ2) is 5.24. The maximum Gasteiger partial charge on any atom is 0.232 e. The van der Waals surface area contributed by atoms with E-state index in [1.165, 1.54) is 0 Å². The highest BCUT2D eigenvalue weighted by atomic mass is 35.5. The lowest BCUT2D eigenvalue weighted by atomic mass is 9.75. The van der Waals surface area contributed by atoms with Crippen molar-refractivity contribution in [1.82, 2.24) is 10.3 Å². The van der Waals surface area contributed by atoms with Gasteiger partial charge in [0.05, 0.1) is 5.41 Å². The van der Waals surface area contributed by atoms with E-state index in [-0.39, 0.29) is 11.3 Å². The van der Waals surface area contributed by atoms with Gasteiger partial charge >= 0.3 is 0 Å². The molecular weight excluding hydrogens is 250 g/mol. The van der Waals surface area contributed by atoms with Gasteiger partial charge < -0.3 is 10.6 Å². The minimum absolute atomic E-state index is 0.0600. The molecule has 1 aliphatic heterocycles. The molecule has 1 fully saturated rings. The molecule has 1 aliphatic rings. The maximum atomic E-state index is 12.5. The van der Waals surface area contributed by atoms with Gasteiger partial charge in [0.15, 0.2) is 0 Å². The lowest BCUT2D eigenvalue weighted by molar-refractivity contribution is -0.126. The van der Waals surface area contributed by atoms with Crippen molar-refractivity contribution in [2.45, 2.75) is 20.3 Å². The van der Waals surface area contributed by atoms with Crippen LogP contribution in [0.25, 0.3) is 0 Å². The molecule has 2 N–H and O–H groups in total. The summed E-state index contributed by atoms with van der Waals surface area (Å²) in [7, 11) is 0. The molecule has 2 heterocycles. The van der Waals surface area contributed by atoms with Crippen molar-refractivity contribution < 1.29 is 4.79 Å². The third-order valence-electron chi connectivity index (χ3n) is 3.73. The average molecular weight is 268 g/mol. The molecule has 18 heavy (non-hydrogen) atoms. The van der Waals surface area contributed by atoms with Gasteiger partial charge in [0, 0.05) is 18.4 Å². The molecule has 1 amide bonds. The smallest absolute Gasteiger partial charge is 0.232 e. The Kier molecular flexibility index (Phi) is 3.88. The predicted molar refractivity (Wildman–Crippen MR) is 72.6 cm³/mol. The van der Waals surface area contributed by atoms with Crippen LogP contribution in [-0.2, 0) is 4.79 Å². The van der Waals surface area contributed by atoms with Crippen LogP contribution < -0.4 is 10.6 Å². The predicted octanol–water partition coefficient (Wildman–Crippen LogP) is 2.31. The highest BCUT2D eigenvalue weighted by Gasteiger charge is 2.43. The Labute approximate surface area is 112 Å². The van der Waals surface area contributed by atoms with Crippen molar-refractivity contribution in [3.05, 3.63) is 23.5 Å². The van der Waals surface area contributed by atoms with Crippen molar-refractivity contribution in [2.75, 3.05) is 18.4 Å². The molecule has 0 bridgehead atoms. The summed E-state index contributed by atoms with van der Waals surface area (Å²) in [6.07, 6.45) is 2.46. The monoisotopic (exact) mass is 267 g/mol. The Bertz CT molecular complexity index is 442. The lowest BCUT2D eigenvalue weighted by Crippen LogP contribution is -2.42. The van der Waals surface area contributed by atoms with E-state index >= 15 is 0 Å². The number of rotatable bonds is 3. The SMILES string of the molecule is CC(C)C1(C(=O)Nc2ccnc(Cl)c2)CCNC1. The van der Waals surface area contributed by atoms with Gasteiger partial charge in [-0.3, -0.25) is 4.79 Å². The van der Waals surface area contributed by atoms with Gasteiger partial charge in [-0.2, -0.15) is 0 Å². The van der Waals surface area contributed by atoms with E-state index in [0.29, 0.717) is 16.8 Å². The number of nitrogens with one attached hydrogen (secondary N) is 2. The minimum atomic E-state index is -0.324. The number of halogens is 1. The van der Waals surface area contributed by atoms with Crippen LogP contribution in [-0.4, -0.2) is 24.0 Å². The van der Waals surface area contributed by atoms with Crippen LogP contribution in [0.1, 0.15) is 20.3 Å². The first-order chi connectivity index (χ1) is 8.54. The van der Waals surface area contributed by atoms with Gasteiger partial charge in [0.1, 0.15) is 5.15 Å². The zero-order valence-corrected chi connectivity index (χ0v) is 11.4. The summed E-state index contributed by atoms with van der Waals surface area (Å²) >= 11 is 5.81. The van der Waals surface area contributed by atoms with Crippen molar-refractivity contribution in [3.8, 4) is 0 Å². The Morgan fingerprint density at radius 1 is 1.61 bits per heavy atom. The molecule has 0 aliphatic carbocycles. The van der Waals surface area contributed by atoms with Gasteiger partial charge in [-0.15, -0.1) is 0 Å². The first-order valence-electron chi connectivity index (χ1n) is 6.18. The third-order valence-corrected chi connectivity index (χ3v) is 3.94. The van der Waals surface area contributed by atoms with E-state index in [0.717, 1.165) is 19.5 Å². The molecule has 4 nitrogen and oxygen atoms in total. The van der Waals surface area contributed by atoms with Gasteiger partial charge in [-0.25, -0.2) is 4.98 Å². The summed E-state index contributed by atoms with van der Waals surface area (Å²) in [5.41, 5.74) is 0.377. The van der Waals surface area contributed by atoms with Gasteiger partial charge in [-0.05, 0) is 31.0 Å². The molecule has 1 atom stereocenters. The Morgan fingerprint density at radius 3 is 2.94 bits per heavy atom. The van der Waals surface area contributed by atoms with E-state index < -0.39 is 0 Å². The van der Waals surface area contributed by atoms with Gasteiger partial charge in [0.25, 0.3) is 0 Å². The van der Waals surface area contributed by atoms with Crippen LogP contribution in [0.2, 0.25) is 5.15 Å². The summed E-state index contributed by atoms with van der Waals surface area (Å²) in [5.74, 6) is 0.356. The van der Waals surface area contributed by atoms with Gasteiger partial charge in [-0.1, -0.05) is 25.4 Å². The van der Waals surface area contributed by atoms with Crippen molar-refractivity contribution in [3.63, 3.8) is 0 Å². The second-order valence-electron chi connectivity index (χ2n) is 5.06. The molecule has 98 valence electrons. The van der Waals surface area contributed by atoms with E-state index in [9.17, 15) is 4.79 Å². The first kappa shape index (κ1) is 13.3. The van der Waals surface area contributed by atoms with E-state index in [2.05, 4.69) is 29.5 Å². The molecule has 1 aromatic heterocycles. The number of carbonyl (C=O) groups is 1. The average Bonchev–Trinajstić information content (AvgIpc) is 2.79. The lowest BCUT2D eigenvalue weighted by Gasteiger charge is -2.31. The number of aromatic nitrogens is 1. The number of pyridine rings is 1. The topological polar surface area (TPSA) is 54.0 Å². The maximum absolute atomic E-state index is 12.5. The van der Waals surface area contributed by atoms with Crippen LogP contribution in [0.4, 0.5) is 5.69 Å². The van der Waals surface area contributed by atoms with Crippen LogP contribution >= 0.6 is 11.6 Å². The largest absolute Gasteiger partial charge is 0.325 e. The van der Waals surface area contributed by atoms with E-state index in [1.807, 2.05) is 0 Å². The van der Waals surface area contributed by atoms with Crippen molar-refractivity contribution >= 4 is 23.2 Å². The van der Waals surface area contributed by atoms with Gasteiger partial charge in [0.2, 0.25) is 5.91 Å². The minimum Gasteiger partial charge on any atom is -0.325 e. The molecule has 1 saturated heterocycles. The number of nitrogens with zero attached hydrogens (tertiary/aromatic N) is 1. The number of carbonyl (C=O) groups excluding carboxylic acids is 1. The normalized spacial score (nSPS) is 23.3. The zero-order valence-electron chi connectivity index (χ0n) is 10.7. The summed E-state index contributed by atoms with van der Waals surface area (Å²) in [4.78, 5) is 16.4. The molecule has 0 radical (unpaired) electrons. The highest BCUT2D eigenvalue weighted by Crippen LogP contribution is 2.35. The van der Waals surface area contributed by atoms with E-state index in [4.69, 9.17) is 11.6 Å². The fraction of sp³-hybridized carbons (Fsp3) is 0.538. The highest BCUT2D eigenvalue weighted by molar-refractivity contribution is 6.29. The zero-order chi connectivity index (χ0) is 13.2. The fourth-order valence-corrected chi connectivity index (χ4v) is 2.57. The summed E-state index contributed by atoms with van der Waals surface area (Å²) in [6.45, 7) is 5.80. The quantitative estimate of drug-likeness (QED) is 0.827. The molecule has 0 spiro atoms. The fourth-order valence-electron chi connectivity index (χ4n) is 2.40. The molecule has 2 rings (SSSR count). The van der Waals surface area contributed by atoms with Crippen LogP contribution in [0, 0.1) is 11.3 Å². The Hall–Kier alpha value is -1.13. The third kappa shape index (κ3) is 2.49. The van der Waals surface area contributed by atoms with Crippen LogP contribution in [0.15, 0.2) is 18.3 Å². The number of hydrogen-bond acceptors (Lipinski definition) is 3. The molecule has 1 aromatic rings. The molecule has 0 saturated carbocycles. The molecule has 5 heteroatoms. The standard InChI is InChI=1S/C13H18ClN3O/c1-9(2)13(4-6-15-8-13)12(18)17-10-3-5-16-11(14)7-10/h3,5,7,9,15H,4,6,8H2,1-2H3,(H,16,17,18). The Balaban J connectivity index is 2.16. The van der Waals surface area contributed by atoms with E-state index in [1.54, 1.807) is 18.3 Å². The Morgan fingerprint density at radius 2 is 2.39 bits per heavy atom. The van der Waals surface area contributed by atoms with Crippen molar-refractivity contribution in [1.29, 1.82) is 0 Å². The number of anilines is 1. The summed E-state index contributed by atoms with van der Waals surface area (Å²) in [5, 5.41) is 6.60. The summed E-state index contributed by atoms with van der Waals surface area (Å²) in [6, 6.07) is 3.41. The van der Waals surface area contributed by atoms with Crippen molar-refractivity contribution in [2.24, 2.45) is 11.3 Å². The molecule has 1 unspecified atom stereocenters. The number of amides is 1.